The van der Waals surface area contributed by atoms with Crippen LogP contribution in [0.1, 0.15) is 44.4 Å². The van der Waals surface area contributed by atoms with Gasteiger partial charge in [0.2, 0.25) is 5.89 Å². The third-order valence-electron chi connectivity index (χ3n) is 1.36. The molecule has 0 aromatic carbocycles. The number of hydrogen-bond acceptors (Lipinski definition) is 4. The fourth-order valence-electron chi connectivity index (χ4n) is 0.667. The van der Waals surface area contributed by atoms with Crippen LogP contribution in [-0.4, -0.2) is 10.1 Å². The van der Waals surface area contributed by atoms with Crippen molar-refractivity contribution in [1.82, 2.24) is 10.1 Å². The summed E-state index contributed by atoms with van der Waals surface area (Å²) in [5, 5.41) is 3.77. The van der Waals surface area contributed by atoms with Gasteiger partial charge in [0.1, 0.15) is 0 Å². The molecule has 4 heteroatoms. The van der Waals surface area contributed by atoms with Gasteiger partial charge in [-0.1, -0.05) is 19.0 Å². The molecule has 1 aromatic heterocycles. The van der Waals surface area contributed by atoms with E-state index in [4.69, 9.17) is 10.3 Å². The quantitative estimate of drug-likeness (QED) is 0.697. The smallest absolute Gasteiger partial charge is 0.243 e. The van der Waals surface area contributed by atoms with Gasteiger partial charge < -0.3 is 10.3 Å². The molecule has 0 radical (unpaired) electrons. The highest BCUT2D eigenvalue weighted by Crippen LogP contribution is 2.12. The summed E-state index contributed by atoms with van der Waals surface area (Å²) in [6.07, 6.45) is 0. The van der Waals surface area contributed by atoms with E-state index in [0.29, 0.717) is 11.8 Å². The molecule has 0 saturated heterocycles. The molecule has 0 amide bonds. The molecule has 2 N–H and O–H groups in total. The van der Waals surface area contributed by atoms with Crippen molar-refractivity contribution < 1.29 is 4.52 Å². The Balaban J connectivity index is 2.82. The summed E-state index contributed by atoms with van der Waals surface area (Å²) in [6.45, 7) is 5.84. The van der Waals surface area contributed by atoms with Gasteiger partial charge in [-0.25, -0.2) is 0 Å². The molecular formula is C7H13N3O. The summed E-state index contributed by atoms with van der Waals surface area (Å²) in [5.41, 5.74) is 5.53. The fraction of sp³-hybridized carbons (Fsp3) is 0.714. The molecule has 1 aromatic rings. The Hall–Kier alpha value is -0.900. The van der Waals surface area contributed by atoms with E-state index in [9.17, 15) is 0 Å². The van der Waals surface area contributed by atoms with E-state index in [2.05, 4.69) is 10.1 Å². The van der Waals surface area contributed by atoms with Gasteiger partial charge in [-0.15, -0.1) is 0 Å². The molecule has 0 fully saturated rings. The fourth-order valence-corrected chi connectivity index (χ4v) is 0.667. The molecule has 0 aliphatic carbocycles. The van der Waals surface area contributed by atoms with Gasteiger partial charge in [-0.3, -0.25) is 0 Å². The zero-order chi connectivity index (χ0) is 8.43. The maximum absolute atomic E-state index is 5.53. The predicted octanol–water partition coefficient (Wildman–Crippen LogP) is 1.21. The van der Waals surface area contributed by atoms with Crippen LogP contribution in [0.25, 0.3) is 0 Å². The summed E-state index contributed by atoms with van der Waals surface area (Å²) in [4.78, 5) is 4.11. The first kappa shape index (κ1) is 8.20. The second kappa shape index (κ2) is 3.00. The van der Waals surface area contributed by atoms with Crippen molar-refractivity contribution in [3.05, 3.63) is 11.7 Å². The Bertz CT molecular complexity index is 207. The molecular weight excluding hydrogens is 142 g/mol. The highest BCUT2D eigenvalue weighted by atomic mass is 16.5. The lowest BCUT2D eigenvalue weighted by Crippen LogP contribution is -2.05. The Morgan fingerprint density at radius 3 is 2.27 bits per heavy atom. The van der Waals surface area contributed by atoms with Crippen molar-refractivity contribution in [2.45, 2.75) is 32.7 Å². The summed E-state index contributed by atoms with van der Waals surface area (Å²) in [6, 6.07) is -0.171. The van der Waals surface area contributed by atoms with Crippen LogP contribution in [0.3, 0.4) is 0 Å². The standard InChI is InChI=1S/C7H13N3O/c1-4(2)6-9-7(5(3)8)11-10-6/h4-5H,8H2,1-3H3. The van der Waals surface area contributed by atoms with Crippen molar-refractivity contribution in [3.63, 3.8) is 0 Å². The minimum absolute atomic E-state index is 0.171. The van der Waals surface area contributed by atoms with Crippen LogP contribution in [0.5, 0.6) is 0 Å². The van der Waals surface area contributed by atoms with Crippen LogP contribution >= 0.6 is 0 Å². The zero-order valence-corrected chi connectivity index (χ0v) is 7.03. The van der Waals surface area contributed by atoms with Crippen LogP contribution in [0.4, 0.5) is 0 Å². The molecule has 62 valence electrons. The lowest BCUT2D eigenvalue weighted by molar-refractivity contribution is 0.356. The van der Waals surface area contributed by atoms with Crippen LogP contribution in [-0.2, 0) is 0 Å². The van der Waals surface area contributed by atoms with Crippen molar-refractivity contribution >= 4 is 0 Å². The molecule has 0 aliphatic heterocycles. The molecule has 4 nitrogen and oxygen atoms in total. The molecule has 0 spiro atoms. The zero-order valence-electron chi connectivity index (χ0n) is 7.03. The molecule has 0 saturated carbocycles. The number of aromatic nitrogens is 2. The number of nitrogens with zero attached hydrogens (tertiary/aromatic N) is 2. The number of hydrogen-bond donors (Lipinski definition) is 1. The summed E-state index contributed by atoms with van der Waals surface area (Å²) in [7, 11) is 0. The van der Waals surface area contributed by atoms with Crippen LogP contribution in [0.2, 0.25) is 0 Å². The Kier molecular flexibility index (Phi) is 2.24. The maximum Gasteiger partial charge on any atom is 0.243 e. The third-order valence-corrected chi connectivity index (χ3v) is 1.36. The monoisotopic (exact) mass is 155 g/mol. The van der Waals surface area contributed by atoms with Crippen molar-refractivity contribution in [1.29, 1.82) is 0 Å². The average Bonchev–Trinajstić information content (AvgIpc) is 2.33. The van der Waals surface area contributed by atoms with Gasteiger partial charge in [-0.2, -0.15) is 4.98 Å². The molecule has 0 aliphatic rings. The van der Waals surface area contributed by atoms with E-state index in [1.165, 1.54) is 0 Å². The number of nitrogens with two attached hydrogens (primary N) is 1. The lowest BCUT2D eigenvalue weighted by Gasteiger charge is -1.94. The van der Waals surface area contributed by atoms with Gasteiger partial charge in [0, 0.05) is 5.92 Å². The minimum Gasteiger partial charge on any atom is -0.338 e. The average molecular weight is 155 g/mol. The first-order valence-corrected chi connectivity index (χ1v) is 3.70. The maximum atomic E-state index is 5.53. The minimum atomic E-state index is -0.171. The largest absolute Gasteiger partial charge is 0.338 e. The van der Waals surface area contributed by atoms with E-state index >= 15 is 0 Å². The first-order chi connectivity index (χ1) is 5.11. The first-order valence-electron chi connectivity index (χ1n) is 3.70. The Morgan fingerprint density at radius 1 is 1.36 bits per heavy atom. The summed E-state index contributed by atoms with van der Waals surface area (Å²) >= 11 is 0. The Labute approximate surface area is 65.8 Å². The van der Waals surface area contributed by atoms with E-state index in [1.807, 2.05) is 20.8 Å². The van der Waals surface area contributed by atoms with E-state index < -0.39 is 0 Å². The SMILES string of the molecule is CC(C)c1noc(C(C)N)n1. The van der Waals surface area contributed by atoms with Gasteiger partial charge >= 0.3 is 0 Å². The molecule has 1 heterocycles. The van der Waals surface area contributed by atoms with Gasteiger partial charge in [0.05, 0.1) is 6.04 Å². The molecule has 1 unspecified atom stereocenters. The van der Waals surface area contributed by atoms with Crippen LogP contribution in [0, 0.1) is 0 Å². The third kappa shape index (κ3) is 1.77. The van der Waals surface area contributed by atoms with Gasteiger partial charge in [0.15, 0.2) is 5.82 Å². The lowest BCUT2D eigenvalue weighted by atomic mass is 10.2. The number of rotatable bonds is 2. The molecule has 11 heavy (non-hydrogen) atoms. The van der Waals surface area contributed by atoms with Gasteiger partial charge in [-0.05, 0) is 6.92 Å². The normalized spacial score (nSPS) is 13.9. The van der Waals surface area contributed by atoms with Crippen LogP contribution < -0.4 is 5.73 Å². The molecule has 1 atom stereocenters. The van der Waals surface area contributed by atoms with Gasteiger partial charge in [0.25, 0.3) is 0 Å². The molecule has 0 bridgehead atoms. The van der Waals surface area contributed by atoms with E-state index in [1.54, 1.807) is 0 Å². The van der Waals surface area contributed by atoms with Crippen molar-refractivity contribution in [2.24, 2.45) is 5.73 Å². The van der Waals surface area contributed by atoms with E-state index in [0.717, 1.165) is 5.82 Å². The topological polar surface area (TPSA) is 64.9 Å². The van der Waals surface area contributed by atoms with E-state index in [-0.39, 0.29) is 6.04 Å². The highest BCUT2D eigenvalue weighted by molar-refractivity contribution is 4.93. The Morgan fingerprint density at radius 2 is 2.00 bits per heavy atom. The van der Waals surface area contributed by atoms with Crippen molar-refractivity contribution in [3.8, 4) is 0 Å². The molecule has 1 rings (SSSR count). The second-order valence-electron chi connectivity index (χ2n) is 2.93. The highest BCUT2D eigenvalue weighted by Gasteiger charge is 2.11. The van der Waals surface area contributed by atoms with Crippen LogP contribution in [0.15, 0.2) is 4.52 Å². The summed E-state index contributed by atoms with van der Waals surface area (Å²) < 4.78 is 4.90. The second-order valence-corrected chi connectivity index (χ2v) is 2.93. The van der Waals surface area contributed by atoms with Crippen molar-refractivity contribution in [2.75, 3.05) is 0 Å². The summed E-state index contributed by atoms with van der Waals surface area (Å²) in [5.74, 6) is 1.53. The predicted molar refractivity (Wildman–Crippen MR) is 41.0 cm³/mol.